The van der Waals surface area contributed by atoms with Crippen LogP contribution in [-0.4, -0.2) is 22.6 Å². The summed E-state index contributed by atoms with van der Waals surface area (Å²) >= 11 is 0. The standard InChI is InChI=1S/C17H10F5NO2/c18-7-1-2-9-12(5-7)25-16(17(21,22)6-24)13-10-3-8(19)4-11(20)14(10)23-15(9)13/h1-5,16,23-24H,6H2/t16-/m0/s1. The van der Waals surface area contributed by atoms with Crippen LogP contribution in [0, 0.1) is 17.5 Å². The van der Waals surface area contributed by atoms with Crippen LogP contribution in [0.2, 0.25) is 0 Å². The summed E-state index contributed by atoms with van der Waals surface area (Å²) in [6.07, 6.45) is -2.03. The smallest absolute Gasteiger partial charge is 0.310 e. The summed E-state index contributed by atoms with van der Waals surface area (Å²) in [6.45, 7) is -1.55. The average Bonchev–Trinajstić information content (AvgIpc) is 2.93. The molecule has 1 aliphatic heterocycles. The third kappa shape index (κ3) is 2.28. The molecule has 8 heteroatoms. The fourth-order valence-electron chi connectivity index (χ4n) is 3.09. The molecule has 2 N–H and O–H groups in total. The fraction of sp³-hybridized carbons (Fsp3) is 0.176. The lowest BCUT2D eigenvalue weighted by atomic mass is 9.93. The van der Waals surface area contributed by atoms with Gasteiger partial charge in [0.25, 0.3) is 0 Å². The van der Waals surface area contributed by atoms with Crippen molar-refractivity contribution in [1.82, 2.24) is 4.98 Å². The van der Waals surface area contributed by atoms with Crippen LogP contribution >= 0.6 is 0 Å². The van der Waals surface area contributed by atoms with Crippen LogP contribution < -0.4 is 4.74 Å². The summed E-state index contributed by atoms with van der Waals surface area (Å²) in [5.41, 5.74) is -0.0613. The van der Waals surface area contributed by atoms with E-state index in [4.69, 9.17) is 9.84 Å². The van der Waals surface area contributed by atoms with Crippen molar-refractivity contribution in [2.45, 2.75) is 12.0 Å². The van der Waals surface area contributed by atoms with Gasteiger partial charge in [0, 0.05) is 28.6 Å². The Labute approximate surface area is 137 Å². The van der Waals surface area contributed by atoms with Gasteiger partial charge < -0.3 is 14.8 Å². The molecule has 0 saturated heterocycles. The number of aliphatic hydroxyl groups is 1. The first kappa shape index (κ1) is 15.9. The van der Waals surface area contributed by atoms with Gasteiger partial charge in [0.1, 0.15) is 29.8 Å². The van der Waals surface area contributed by atoms with E-state index in [1.165, 1.54) is 6.07 Å². The Morgan fingerprint density at radius 1 is 1.08 bits per heavy atom. The van der Waals surface area contributed by atoms with Crippen molar-refractivity contribution in [1.29, 1.82) is 0 Å². The molecule has 130 valence electrons. The van der Waals surface area contributed by atoms with Gasteiger partial charge in [-0.15, -0.1) is 0 Å². The van der Waals surface area contributed by atoms with Crippen LogP contribution in [0.4, 0.5) is 22.0 Å². The molecule has 0 fully saturated rings. The number of aromatic nitrogens is 1. The van der Waals surface area contributed by atoms with Crippen molar-refractivity contribution < 1.29 is 31.8 Å². The fourth-order valence-corrected chi connectivity index (χ4v) is 3.09. The number of ether oxygens (including phenoxy) is 1. The number of rotatable bonds is 2. The van der Waals surface area contributed by atoms with Crippen LogP contribution in [0.15, 0.2) is 30.3 Å². The molecule has 0 spiro atoms. The minimum absolute atomic E-state index is 0.0684. The Morgan fingerprint density at radius 2 is 1.84 bits per heavy atom. The molecule has 0 bridgehead atoms. The molecule has 1 aromatic heterocycles. The van der Waals surface area contributed by atoms with E-state index in [2.05, 4.69) is 4.98 Å². The van der Waals surface area contributed by atoms with Crippen molar-refractivity contribution in [2.24, 2.45) is 0 Å². The molecular weight excluding hydrogens is 345 g/mol. The van der Waals surface area contributed by atoms with Gasteiger partial charge in [-0.25, -0.2) is 13.2 Å². The first-order chi connectivity index (χ1) is 11.8. The lowest BCUT2D eigenvalue weighted by Gasteiger charge is -2.31. The molecule has 4 rings (SSSR count). The highest BCUT2D eigenvalue weighted by Gasteiger charge is 2.47. The molecule has 2 aromatic carbocycles. The van der Waals surface area contributed by atoms with Crippen molar-refractivity contribution in [3.63, 3.8) is 0 Å². The maximum atomic E-state index is 14.2. The van der Waals surface area contributed by atoms with Crippen molar-refractivity contribution in [2.75, 3.05) is 6.61 Å². The second-order valence-electron chi connectivity index (χ2n) is 5.78. The number of hydrogen-bond acceptors (Lipinski definition) is 2. The third-order valence-electron chi connectivity index (χ3n) is 4.18. The zero-order valence-electron chi connectivity index (χ0n) is 12.4. The number of nitrogens with one attached hydrogen (secondary N) is 1. The summed E-state index contributed by atoms with van der Waals surface area (Å²) in [5.74, 6) is -6.54. The number of aliphatic hydroxyl groups excluding tert-OH is 1. The van der Waals surface area contributed by atoms with E-state index < -0.39 is 36.1 Å². The van der Waals surface area contributed by atoms with Gasteiger partial charge >= 0.3 is 5.92 Å². The van der Waals surface area contributed by atoms with Gasteiger partial charge in [-0.05, 0) is 18.2 Å². The van der Waals surface area contributed by atoms with E-state index in [0.29, 0.717) is 6.07 Å². The molecule has 3 nitrogen and oxygen atoms in total. The largest absolute Gasteiger partial charge is 0.478 e. The van der Waals surface area contributed by atoms with Gasteiger partial charge in [0.2, 0.25) is 0 Å². The van der Waals surface area contributed by atoms with E-state index in [1.54, 1.807) is 0 Å². The molecule has 0 saturated carbocycles. The number of halogens is 5. The highest BCUT2D eigenvalue weighted by atomic mass is 19.3. The lowest BCUT2D eigenvalue weighted by molar-refractivity contribution is -0.128. The summed E-state index contributed by atoms with van der Waals surface area (Å²) < 4.78 is 74.9. The van der Waals surface area contributed by atoms with Gasteiger partial charge in [-0.3, -0.25) is 0 Å². The number of benzene rings is 2. The average molecular weight is 355 g/mol. The van der Waals surface area contributed by atoms with E-state index in [1.807, 2.05) is 0 Å². The van der Waals surface area contributed by atoms with Crippen LogP contribution in [0.25, 0.3) is 22.2 Å². The maximum Gasteiger partial charge on any atom is 0.310 e. The lowest BCUT2D eigenvalue weighted by Crippen LogP contribution is -2.35. The number of hydrogen-bond donors (Lipinski definition) is 2. The Bertz CT molecular complexity index is 998. The van der Waals surface area contributed by atoms with E-state index in [9.17, 15) is 22.0 Å². The highest BCUT2D eigenvalue weighted by molar-refractivity contribution is 5.93. The molecular formula is C17H10F5NO2. The second kappa shape index (κ2) is 5.19. The quantitative estimate of drug-likeness (QED) is 0.673. The minimum Gasteiger partial charge on any atom is -0.478 e. The number of H-pyrrole nitrogens is 1. The predicted molar refractivity (Wildman–Crippen MR) is 79.0 cm³/mol. The van der Waals surface area contributed by atoms with Gasteiger partial charge in [-0.1, -0.05) is 0 Å². The summed E-state index contributed by atoms with van der Waals surface area (Å²) in [6, 6.07) is 4.84. The summed E-state index contributed by atoms with van der Waals surface area (Å²) in [5, 5.41) is 8.91. The number of aromatic amines is 1. The van der Waals surface area contributed by atoms with Gasteiger partial charge in [-0.2, -0.15) is 8.78 Å². The molecule has 1 atom stereocenters. The van der Waals surface area contributed by atoms with Crippen molar-refractivity contribution in [3.8, 4) is 17.0 Å². The molecule has 3 aromatic rings. The highest BCUT2D eigenvalue weighted by Crippen LogP contribution is 2.50. The molecule has 0 aliphatic carbocycles. The molecule has 0 amide bonds. The molecule has 2 heterocycles. The SMILES string of the molecule is OCC(F)(F)[C@H]1Oc2cc(F)ccc2-c2[nH]c3c(F)cc(F)cc3c21. The van der Waals surface area contributed by atoms with Crippen LogP contribution in [0.3, 0.4) is 0 Å². The molecule has 0 radical (unpaired) electrons. The first-order valence-electron chi connectivity index (χ1n) is 7.27. The number of alkyl halides is 2. The maximum absolute atomic E-state index is 14.2. The number of fused-ring (bicyclic) bond motifs is 5. The van der Waals surface area contributed by atoms with Crippen LogP contribution in [0.5, 0.6) is 5.75 Å². The topological polar surface area (TPSA) is 45.2 Å². The molecule has 1 aliphatic rings. The zero-order valence-corrected chi connectivity index (χ0v) is 12.4. The molecule has 0 unspecified atom stereocenters. The van der Waals surface area contributed by atoms with Crippen molar-refractivity contribution in [3.05, 3.63) is 53.3 Å². The van der Waals surface area contributed by atoms with E-state index in [-0.39, 0.29) is 33.5 Å². The van der Waals surface area contributed by atoms with E-state index in [0.717, 1.165) is 18.2 Å². The van der Waals surface area contributed by atoms with Crippen molar-refractivity contribution >= 4 is 10.9 Å². The zero-order chi connectivity index (χ0) is 17.9. The normalized spacial score (nSPS) is 16.5. The Balaban J connectivity index is 2.09. The predicted octanol–water partition coefficient (Wildman–Crippen LogP) is 4.31. The van der Waals surface area contributed by atoms with Crippen LogP contribution in [-0.2, 0) is 0 Å². The van der Waals surface area contributed by atoms with E-state index >= 15 is 0 Å². The monoisotopic (exact) mass is 355 g/mol. The van der Waals surface area contributed by atoms with Gasteiger partial charge in [0.05, 0.1) is 11.2 Å². The first-order valence-corrected chi connectivity index (χ1v) is 7.27. The summed E-state index contributed by atoms with van der Waals surface area (Å²) in [7, 11) is 0. The minimum atomic E-state index is -3.75. The summed E-state index contributed by atoms with van der Waals surface area (Å²) in [4.78, 5) is 2.65. The Kier molecular flexibility index (Phi) is 3.30. The Hall–Kier alpha value is -2.61. The van der Waals surface area contributed by atoms with Gasteiger partial charge in [0.15, 0.2) is 6.10 Å². The third-order valence-corrected chi connectivity index (χ3v) is 4.18. The Morgan fingerprint density at radius 3 is 2.56 bits per heavy atom. The van der Waals surface area contributed by atoms with Crippen LogP contribution in [0.1, 0.15) is 11.7 Å². The second-order valence-corrected chi connectivity index (χ2v) is 5.78. The molecule has 25 heavy (non-hydrogen) atoms.